The number of carboxylic acids is 1. The number of carboxylic acid groups (broad SMARTS) is 1. The maximum absolute atomic E-state index is 13.0. The van der Waals surface area contributed by atoms with Crippen LogP contribution < -0.4 is 5.32 Å². The molecule has 0 unspecified atom stereocenters. The summed E-state index contributed by atoms with van der Waals surface area (Å²) >= 11 is 12.0. The number of hydrogen-bond donors (Lipinski definition) is 2. The Hall–Kier alpha value is -2.25. The smallest absolute Gasteiger partial charge is 0.417 e. The molecule has 0 aliphatic rings. The Bertz CT molecular complexity index is 820. The Labute approximate surface area is 156 Å². The second kappa shape index (κ2) is 7.97. The lowest BCUT2D eigenvalue weighted by molar-refractivity contribution is -0.139. The second-order valence-electron chi connectivity index (χ2n) is 5.31. The molecule has 0 saturated carbocycles. The summed E-state index contributed by atoms with van der Waals surface area (Å²) in [6.45, 7) is 0. The van der Waals surface area contributed by atoms with Crippen LogP contribution in [0.4, 0.5) is 13.2 Å². The largest absolute Gasteiger partial charge is 0.480 e. The summed E-state index contributed by atoms with van der Waals surface area (Å²) in [7, 11) is 0. The van der Waals surface area contributed by atoms with Crippen LogP contribution in [0.5, 0.6) is 0 Å². The first-order valence-corrected chi connectivity index (χ1v) is 7.99. The van der Waals surface area contributed by atoms with E-state index in [9.17, 15) is 27.9 Å². The van der Waals surface area contributed by atoms with E-state index in [1.54, 1.807) is 6.07 Å². The first-order valence-electron chi connectivity index (χ1n) is 7.24. The Morgan fingerprint density at radius 2 is 1.62 bits per heavy atom. The Morgan fingerprint density at radius 1 is 1.04 bits per heavy atom. The SMILES string of the molecule is O=C(N[C@H](Cc1c(Cl)cccc1Cl)C(=O)O)c1ccccc1C(F)(F)F. The van der Waals surface area contributed by atoms with Crippen LogP contribution in [0.1, 0.15) is 21.5 Å². The van der Waals surface area contributed by atoms with E-state index < -0.39 is 35.2 Å². The number of hydrogen-bond acceptors (Lipinski definition) is 2. The highest BCUT2D eigenvalue weighted by molar-refractivity contribution is 6.36. The van der Waals surface area contributed by atoms with Crippen LogP contribution in [-0.2, 0) is 17.4 Å². The van der Waals surface area contributed by atoms with Crippen molar-refractivity contribution in [2.75, 3.05) is 0 Å². The lowest BCUT2D eigenvalue weighted by Crippen LogP contribution is -2.43. The molecule has 0 heterocycles. The third kappa shape index (κ3) is 4.68. The van der Waals surface area contributed by atoms with Crippen LogP contribution in [-0.4, -0.2) is 23.0 Å². The predicted molar refractivity (Wildman–Crippen MR) is 90.5 cm³/mol. The Kier molecular flexibility index (Phi) is 6.15. The minimum atomic E-state index is -4.75. The molecule has 4 nitrogen and oxygen atoms in total. The number of nitrogens with one attached hydrogen (secondary N) is 1. The molecule has 0 aliphatic heterocycles. The van der Waals surface area contributed by atoms with Gasteiger partial charge in [0.05, 0.1) is 11.1 Å². The minimum absolute atomic E-state index is 0.189. The van der Waals surface area contributed by atoms with Gasteiger partial charge in [0.25, 0.3) is 5.91 Å². The molecule has 9 heteroatoms. The van der Waals surface area contributed by atoms with Crippen molar-refractivity contribution in [3.8, 4) is 0 Å². The quantitative estimate of drug-likeness (QED) is 0.772. The zero-order valence-corrected chi connectivity index (χ0v) is 14.5. The molecule has 0 spiro atoms. The molecule has 0 fully saturated rings. The van der Waals surface area contributed by atoms with E-state index in [4.69, 9.17) is 23.2 Å². The van der Waals surface area contributed by atoms with Crippen molar-refractivity contribution in [3.63, 3.8) is 0 Å². The average Bonchev–Trinajstić information content (AvgIpc) is 2.56. The van der Waals surface area contributed by atoms with Crippen LogP contribution in [0.25, 0.3) is 0 Å². The van der Waals surface area contributed by atoms with Crippen LogP contribution in [0.2, 0.25) is 10.0 Å². The van der Waals surface area contributed by atoms with Gasteiger partial charge in [0.15, 0.2) is 0 Å². The van der Waals surface area contributed by atoms with Crippen LogP contribution in [0.15, 0.2) is 42.5 Å². The summed E-state index contributed by atoms with van der Waals surface area (Å²) < 4.78 is 39.1. The molecule has 1 amide bonds. The molecular formula is C17H12Cl2F3NO3. The van der Waals surface area contributed by atoms with Crippen molar-refractivity contribution >= 4 is 35.1 Å². The highest BCUT2D eigenvalue weighted by atomic mass is 35.5. The van der Waals surface area contributed by atoms with E-state index in [-0.39, 0.29) is 22.0 Å². The molecule has 0 radical (unpaired) electrons. The molecule has 0 saturated heterocycles. The fourth-order valence-electron chi connectivity index (χ4n) is 2.30. The van der Waals surface area contributed by atoms with E-state index in [2.05, 4.69) is 5.32 Å². The molecule has 0 bridgehead atoms. The lowest BCUT2D eigenvalue weighted by atomic mass is 10.0. The summed E-state index contributed by atoms with van der Waals surface area (Å²) in [4.78, 5) is 23.7. The number of halogens is 5. The summed E-state index contributed by atoms with van der Waals surface area (Å²) in [5.74, 6) is -2.59. The topological polar surface area (TPSA) is 66.4 Å². The van der Waals surface area contributed by atoms with Gasteiger partial charge < -0.3 is 10.4 Å². The Morgan fingerprint density at radius 3 is 2.15 bits per heavy atom. The van der Waals surface area contributed by atoms with Gasteiger partial charge in [0.2, 0.25) is 0 Å². The number of rotatable bonds is 5. The fraction of sp³-hybridized carbons (Fsp3) is 0.176. The normalized spacial score (nSPS) is 12.5. The molecule has 0 aliphatic carbocycles. The van der Waals surface area contributed by atoms with Gasteiger partial charge in [-0.15, -0.1) is 0 Å². The van der Waals surface area contributed by atoms with E-state index in [0.29, 0.717) is 0 Å². The van der Waals surface area contributed by atoms with Crippen molar-refractivity contribution in [1.29, 1.82) is 0 Å². The third-order valence-corrected chi connectivity index (χ3v) is 4.26. The van der Waals surface area contributed by atoms with Gasteiger partial charge in [-0.2, -0.15) is 13.2 Å². The molecule has 2 aromatic rings. The van der Waals surface area contributed by atoms with Crippen molar-refractivity contribution in [2.45, 2.75) is 18.6 Å². The van der Waals surface area contributed by atoms with Gasteiger partial charge in [-0.3, -0.25) is 4.79 Å². The molecule has 138 valence electrons. The van der Waals surface area contributed by atoms with Crippen LogP contribution in [0, 0.1) is 0 Å². The zero-order valence-electron chi connectivity index (χ0n) is 13.0. The molecular weight excluding hydrogens is 394 g/mol. The van der Waals surface area contributed by atoms with Gasteiger partial charge in [0, 0.05) is 16.5 Å². The summed E-state index contributed by atoms with van der Waals surface area (Å²) in [6.07, 6.45) is -5.04. The van der Waals surface area contributed by atoms with Crippen molar-refractivity contribution in [1.82, 2.24) is 5.32 Å². The van der Waals surface area contributed by atoms with Gasteiger partial charge in [0.1, 0.15) is 6.04 Å². The first kappa shape index (κ1) is 20.1. The molecule has 26 heavy (non-hydrogen) atoms. The van der Waals surface area contributed by atoms with Crippen molar-refractivity contribution in [3.05, 3.63) is 69.2 Å². The standard InChI is InChI=1S/C17H12Cl2F3NO3/c18-12-6-3-7-13(19)10(12)8-14(16(25)26)23-15(24)9-4-1-2-5-11(9)17(20,21)22/h1-7,14H,8H2,(H,23,24)(H,25,26)/t14-/m1/s1. The zero-order chi connectivity index (χ0) is 19.5. The fourth-order valence-corrected chi connectivity index (χ4v) is 2.85. The molecule has 1 atom stereocenters. The predicted octanol–water partition coefficient (Wildman–Crippen LogP) is 4.44. The van der Waals surface area contributed by atoms with Gasteiger partial charge in [-0.1, -0.05) is 41.4 Å². The monoisotopic (exact) mass is 405 g/mol. The van der Waals surface area contributed by atoms with E-state index in [0.717, 1.165) is 18.2 Å². The molecule has 2 rings (SSSR count). The van der Waals surface area contributed by atoms with Gasteiger partial charge in [-0.25, -0.2) is 4.79 Å². The highest BCUT2D eigenvalue weighted by Crippen LogP contribution is 2.32. The van der Waals surface area contributed by atoms with Gasteiger partial charge in [-0.05, 0) is 29.8 Å². The number of carbonyl (C=O) groups is 2. The van der Waals surface area contributed by atoms with Crippen molar-refractivity contribution in [2.24, 2.45) is 0 Å². The average molecular weight is 406 g/mol. The van der Waals surface area contributed by atoms with E-state index >= 15 is 0 Å². The maximum atomic E-state index is 13.0. The molecule has 2 aromatic carbocycles. The Balaban J connectivity index is 2.29. The number of aliphatic carboxylic acids is 1. The minimum Gasteiger partial charge on any atom is -0.480 e. The van der Waals surface area contributed by atoms with E-state index in [1.165, 1.54) is 18.2 Å². The van der Waals surface area contributed by atoms with Crippen LogP contribution in [0.3, 0.4) is 0 Å². The summed E-state index contributed by atoms with van der Waals surface area (Å²) in [6, 6.07) is 7.13. The lowest BCUT2D eigenvalue weighted by Gasteiger charge is -2.18. The van der Waals surface area contributed by atoms with Gasteiger partial charge >= 0.3 is 12.1 Å². The third-order valence-electron chi connectivity index (χ3n) is 3.55. The van der Waals surface area contributed by atoms with E-state index in [1.807, 2.05) is 0 Å². The molecule has 2 N–H and O–H groups in total. The van der Waals surface area contributed by atoms with Crippen LogP contribution >= 0.6 is 23.2 Å². The van der Waals surface area contributed by atoms with Crippen molar-refractivity contribution < 1.29 is 27.9 Å². The summed E-state index contributed by atoms with van der Waals surface area (Å²) in [5.41, 5.74) is -1.55. The number of carbonyl (C=O) groups excluding carboxylic acids is 1. The summed E-state index contributed by atoms with van der Waals surface area (Å²) in [5, 5.41) is 11.8. The number of benzene rings is 2. The number of amides is 1. The second-order valence-corrected chi connectivity index (χ2v) is 6.13. The molecule has 0 aromatic heterocycles. The number of alkyl halides is 3. The maximum Gasteiger partial charge on any atom is 0.417 e. The highest BCUT2D eigenvalue weighted by Gasteiger charge is 2.35. The first-order chi connectivity index (χ1) is 12.1.